The predicted molar refractivity (Wildman–Crippen MR) is 66.3 cm³/mol. The number of nitrogens with zero attached hydrogens (tertiary/aromatic N) is 1. The van der Waals surface area contributed by atoms with E-state index < -0.39 is 11.8 Å². The molecule has 1 aliphatic rings. The summed E-state index contributed by atoms with van der Waals surface area (Å²) in [5.74, 6) is 0. The van der Waals surface area contributed by atoms with Gasteiger partial charge in [0, 0.05) is 12.1 Å². The van der Waals surface area contributed by atoms with Crippen LogP contribution >= 0.6 is 23.2 Å². The fourth-order valence-corrected chi connectivity index (χ4v) is 2.69. The fourth-order valence-electron chi connectivity index (χ4n) is 2.23. The normalized spacial score (nSPS) is 24.1. The van der Waals surface area contributed by atoms with Gasteiger partial charge in [-0.2, -0.15) is 0 Å². The van der Waals surface area contributed by atoms with E-state index in [9.17, 15) is 4.79 Å². The van der Waals surface area contributed by atoms with E-state index in [0.29, 0.717) is 35.0 Å². The third kappa shape index (κ3) is 1.97. The number of carbonyl (C=O) groups is 1. The van der Waals surface area contributed by atoms with E-state index in [1.807, 2.05) is 0 Å². The summed E-state index contributed by atoms with van der Waals surface area (Å²) in [4.78, 5) is 12.4. The lowest BCUT2D eigenvalue weighted by atomic mass is 9.97. The van der Waals surface area contributed by atoms with Gasteiger partial charge in [0.05, 0.1) is 10.0 Å². The number of likely N-dealkylation sites (tertiary alicyclic amines) is 1. The Morgan fingerprint density at radius 3 is 2.82 bits per heavy atom. The van der Waals surface area contributed by atoms with E-state index in [1.165, 1.54) is 4.90 Å². The van der Waals surface area contributed by atoms with E-state index >= 15 is 0 Å². The van der Waals surface area contributed by atoms with Crippen molar-refractivity contribution in [1.29, 1.82) is 0 Å². The van der Waals surface area contributed by atoms with Crippen LogP contribution in [0.1, 0.15) is 18.4 Å². The molecule has 92 valence electrons. The molecule has 1 aliphatic heterocycles. The summed E-state index contributed by atoms with van der Waals surface area (Å²) in [7, 11) is 0. The minimum atomic E-state index is -1.08. The number of carboxylic acid groups (broad SMARTS) is 1. The van der Waals surface area contributed by atoms with Crippen LogP contribution in [0.5, 0.6) is 0 Å². The summed E-state index contributed by atoms with van der Waals surface area (Å²) in [6, 6.07) is 5.09. The Hall–Kier alpha value is -0.970. The SMILES string of the molecule is NC1(c2cccc(Cl)c2Cl)CCCN1C(=O)O. The maximum Gasteiger partial charge on any atom is 0.409 e. The van der Waals surface area contributed by atoms with Crippen molar-refractivity contribution in [3.63, 3.8) is 0 Å². The molecule has 2 rings (SSSR count). The van der Waals surface area contributed by atoms with Gasteiger partial charge in [-0.25, -0.2) is 4.79 Å². The number of hydrogen-bond acceptors (Lipinski definition) is 2. The van der Waals surface area contributed by atoms with Crippen LogP contribution in [0.25, 0.3) is 0 Å². The molecule has 1 aromatic carbocycles. The van der Waals surface area contributed by atoms with Gasteiger partial charge in [-0.1, -0.05) is 35.3 Å². The zero-order valence-electron chi connectivity index (χ0n) is 8.99. The highest BCUT2D eigenvalue weighted by Gasteiger charge is 2.43. The number of nitrogens with two attached hydrogens (primary N) is 1. The van der Waals surface area contributed by atoms with E-state index in [0.717, 1.165) is 0 Å². The molecular formula is C11H12Cl2N2O2. The van der Waals surface area contributed by atoms with Gasteiger partial charge in [-0.15, -0.1) is 0 Å². The van der Waals surface area contributed by atoms with Crippen molar-refractivity contribution in [3.05, 3.63) is 33.8 Å². The van der Waals surface area contributed by atoms with Gasteiger partial charge >= 0.3 is 6.09 Å². The van der Waals surface area contributed by atoms with Crippen LogP contribution in [-0.2, 0) is 5.66 Å². The third-order valence-corrected chi connectivity index (χ3v) is 3.89. The number of rotatable bonds is 1. The van der Waals surface area contributed by atoms with E-state index in [1.54, 1.807) is 18.2 Å². The van der Waals surface area contributed by atoms with Gasteiger partial charge in [-0.05, 0) is 18.9 Å². The van der Waals surface area contributed by atoms with E-state index in [-0.39, 0.29) is 0 Å². The van der Waals surface area contributed by atoms with Crippen molar-refractivity contribution in [2.24, 2.45) is 5.73 Å². The molecule has 1 atom stereocenters. The molecule has 1 aromatic rings. The number of halogens is 2. The molecule has 0 saturated carbocycles. The molecule has 3 N–H and O–H groups in total. The number of amides is 1. The Morgan fingerprint density at radius 2 is 2.18 bits per heavy atom. The molecule has 1 amide bonds. The summed E-state index contributed by atoms with van der Waals surface area (Å²) in [5, 5.41) is 9.84. The van der Waals surface area contributed by atoms with Crippen molar-refractivity contribution in [1.82, 2.24) is 4.90 Å². The van der Waals surface area contributed by atoms with E-state index in [2.05, 4.69) is 0 Å². The molecule has 1 fully saturated rings. The Kier molecular flexibility index (Phi) is 3.21. The Labute approximate surface area is 109 Å². The van der Waals surface area contributed by atoms with Crippen LogP contribution in [-0.4, -0.2) is 22.6 Å². The first-order valence-electron chi connectivity index (χ1n) is 5.21. The Bertz CT molecular complexity index is 467. The Balaban J connectivity index is 2.50. The van der Waals surface area contributed by atoms with Gasteiger partial charge in [0.15, 0.2) is 0 Å². The second-order valence-corrected chi connectivity index (χ2v) is 4.85. The maximum atomic E-state index is 11.2. The van der Waals surface area contributed by atoms with Gasteiger partial charge < -0.3 is 10.8 Å². The van der Waals surface area contributed by atoms with Gasteiger partial charge in [0.25, 0.3) is 0 Å². The molecule has 1 saturated heterocycles. The minimum Gasteiger partial charge on any atom is -0.465 e. The molecule has 1 heterocycles. The highest BCUT2D eigenvalue weighted by atomic mass is 35.5. The first-order chi connectivity index (χ1) is 7.97. The third-order valence-electron chi connectivity index (χ3n) is 3.07. The topological polar surface area (TPSA) is 66.6 Å². The molecule has 17 heavy (non-hydrogen) atoms. The van der Waals surface area contributed by atoms with Crippen LogP contribution in [0.15, 0.2) is 18.2 Å². The number of benzene rings is 1. The summed E-state index contributed by atoms with van der Waals surface area (Å²) >= 11 is 12.0. The van der Waals surface area contributed by atoms with E-state index in [4.69, 9.17) is 34.0 Å². The lowest BCUT2D eigenvalue weighted by Crippen LogP contribution is -2.51. The maximum absolute atomic E-state index is 11.2. The van der Waals surface area contributed by atoms with Crippen LogP contribution in [0.3, 0.4) is 0 Å². The van der Waals surface area contributed by atoms with Crippen LogP contribution in [0.2, 0.25) is 10.0 Å². The van der Waals surface area contributed by atoms with Crippen molar-refractivity contribution < 1.29 is 9.90 Å². The van der Waals surface area contributed by atoms with Crippen molar-refractivity contribution in [3.8, 4) is 0 Å². The molecule has 6 heteroatoms. The second-order valence-electron chi connectivity index (χ2n) is 4.06. The Morgan fingerprint density at radius 1 is 1.47 bits per heavy atom. The van der Waals surface area contributed by atoms with Crippen molar-refractivity contribution in [2.45, 2.75) is 18.5 Å². The summed E-state index contributed by atoms with van der Waals surface area (Å²) in [5.41, 5.74) is 5.68. The zero-order valence-corrected chi connectivity index (χ0v) is 10.5. The number of hydrogen-bond donors (Lipinski definition) is 2. The molecule has 0 radical (unpaired) electrons. The first kappa shape index (κ1) is 12.5. The zero-order chi connectivity index (χ0) is 12.6. The van der Waals surface area contributed by atoms with Crippen LogP contribution in [0, 0.1) is 0 Å². The summed E-state index contributed by atoms with van der Waals surface area (Å²) < 4.78 is 0. The van der Waals surface area contributed by atoms with Gasteiger partial charge in [0.1, 0.15) is 5.66 Å². The minimum absolute atomic E-state index is 0.324. The highest BCUT2D eigenvalue weighted by molar-refractivity contribution is 6.42. The largest absolute Gasteiger partial charge is 0.465 e. The predicted octanol–water partition coefficient (Wildman–Crippen LogP) is 2.88. The van der Waals surface area contributed by atoms with Crippen LogP contribution in [0.4, 0.5) is 4.79 Å². The summed E-state index contributed by atoms with van der Waals surface area (Å²) in [6.45, 7) is 0.411. The highest BCUT2D eigenvalue weighted by Crippen LogP contribution is 2.39. The van der Waals surface area contributed by atoms with Gasteiger partial charge in [0.2, 0.25) is 0 Å². The molecule has 0 spiro atoms. The first-order valence-corrected chi connectivity index (χ1v) is 5.96. The average molecular weight is 275 g/mol. The standard InChI is InChI=1S/C11H12Cl2N2O2/c12-8-4-1-3-7(9(8)13)11(14)5-2-6-15(11)10(16)17/h1,3-4H,2,5-6,14H2,(H,16,17). The molecule has 0 aromatic heterocycles. The molecule has 0 aliphatic carbocycles. The van der Waals surface area contributed by atoms with Crippen molar-refractivity contribution in [2.75, 3.05) is 6.54 Å². The van der Waals surface area contributed by atoms with Crippen molar-refractivity contribution >= 4 is 29.3 Å². The molecular weight excluding hydrogens is 263 g/mol. The van der Waals surface area contributed by atoms with Gasteiger partial charge in [-0.3, -0.25) is 4.90 Å². The fraction of sp³-hybridized carbons (Fsp3) is 0.364. The average Bonchev–Trinajstić information content (AvgIpc) is 2.65. The molecule has 1 unspecified atom stereocenters. The molecule has 0 bridgehead atoms. The lowest BCUT2D eigenvalue weighted by molar-refractivity contribution is 0.104. The lowest BCUT2D eigenvalue weighted by Gasteiger charge is -2.34. The monoisotopic (exact) mass is 274 g/mol. The molecule has 4 nitrogen and oxygen atoms in total. The quantitative estimate of drug-likeness (QED) is 0.828. The second kappa shape index (κ2) is 4.37. The summed E-state index contributed by atoms with van der Waals surface area (Å²) in [6.07, 6.45) is 0.214. The van der Waals surface area contributed by atoms with Crippen LogP contribution < -0.4 is 5.73 Å². The smallest absolute Gasteiger partial charge is 0.409 e.